The Balaban J connectivity index is 2.32. The van der Waals surface area contributed by atoms with Crippen LogP contribution < -0.4 is 5.32 Å². The summed E-state index contributed by atoms with van der Waals surface area (Å²) in [6, 6.07) is -0.910. The van der Waals surface area contributed by atoms with Gasteiger partial charge in [-0.05, 0) is 6.42 Å². The summed E-state index contributed by atoms with van der Waals surface area (Å²) in [6.07, 6.45) is 8.82. The number of nitrogens with zero attached hydrogens (tertiary/aromatic N) is 1. The van der Waals surface area contributed by atoms with Crippen LogP contribution in [0.4, 0.5) is 0 Å². The molecule has 0 radical (unpaired) electrons. The number of unbranched alkanes of at least 4 members (excludes halogenated alkanes) is 7. The van der Waals surface area contributed by atoms with E-state index in [1.165, 1.54) is 44.1 Å². The van der Waals surface area contributed by atoms with E-state index in [4.69, 9.17) is 14.2 Å². The molecule has 184 valence electrons. The van der Waals surface area contributed by atoms with E-state index in [1.807, 2.05) is 0 Å². The average molecular weight is 457 g/mol. The molecule has 9 nitrogen and oxygen atoms in total. The number of rotatable bonds is 17. The molecule has 1 aliphatic heterocycles. The summed E-state index contributed by atoms with van der Waals surface area (Å²) < 4.78 is 15.0. The molecule has 2 amide bonds. The van der Waals surface area contributed by atoms with Crippen molar-refractivity contribution in [3.8, 4) is 0 Å². The van der Waals surface area contributed by atoms with Crippen molar-refractivity contribution >= 4 is 23.8 Å². The van der Waals surface area contributed by atoms with Gasteiger partial charge in [-0.3, -0.25) is 19.2 Å². The topological polar surface area (TPSA) is 111 Å². The molecule has 1 atom stereocenters. The van der Waals surface area contributed by atoms with E-state index < -0.39 is 18.0 Å². The van der Waals surface area contributed by atoms with Crippen molar-refractivity contribution in [2.45, 2.75) is 83.6 Å². The van der Waals surface area contributed by atoms with E-state index in [1.54, 1.807) is 0 Å². The zero-order valence-electron chi connectivity index (χ0n) is 19.7. The number of carbonyl (C=O) groups is 4. The minimum Gasteiger partial charge on any atom is -0.466 e. The van der Waals surface area contributed by atoms with Gasteiger partial charge in [0, 0.05) is 26.6 Å². The second-order valence-corrected chi connectivity index (χ2v) is 8.01. The average Bonchev–Trinajstić information content (AvgIpc) is 2.78. The number of ether oxygens (including phenoxy) is 3. The van der Waals surface area contributed by atoms with Crippen LogP contribution in [0, 0.1) is 0 Å². The van der Waals surface area contributed by atoms with Crippen molar-refractivity contribution in [2.24, 2.45) is 0 Å². The fourth-order valence-electron chi connectivity index (χ4n) is 3.52. The molecule has 0 bridgehead atoms. The Morgan fingerprint density at radius 3 is 2.25 bits per heavy atom. The van der Waals surface area contributed by atoms with Crippen LogP contribution >= 0.6 is 0 Å². The van der Waals surface area contributed by atoms with Crippen molar-refractivity contribution in [1.29, 1.82) is 0 Å². The van der Waals surface area contributed by atoms with Gasteiger partial charge in [0.2, 0.25) is 11.8 Å². The van der Waals surface area contributed by atoms with Gasteiger partial charge in [0.05, 0.1) is 26.1 Å². The Labute approximate surface area is 191 Å². The van der Waals surface area contributed by atoms with E-state index in [-0.39, 0.29) is 44.3 Å². The molecule has 1 aliphatic rings. The summed E-state index contributed by atoms with van der Waals surface area (Å²) in [5.74, 6) is -1.73. The Morgan fingerprint density at radius 1 is 0.906 bits per heavy atom. The number of nitrogens with one attached hydrogen (secondary N) is 1. The maximum absolute atomic E-state index is 12.6. The Morgan fingerprint density at radius 2 is 1.56 bits per heavy atom. The van der Waals surface area contributed by atoms with Crippen molar-refractivity contribution in [1.82, 2.24) is 10.2 Å². The van der Waals surface area contributed by atoms with Gasteiger partial charge in [0.1, 0.15) is 12.6 Å². The normalized spacial score (nSPS) is 15.9. The fraction of sp³-hybridized carbons (Fsp3) is 0.826. The second kappa shape index (κ2) is 17.4. The maximum atomic E-state index is 12.6. The van der Waals surface area contributed by atoms with E-state index in [9.17, 15) is 19.2 Å². The molecule has 0 aliphatic carbocycles. The first-order valence-electron chi connectivity index (χ1n) is 11.9. The number of hydrogen-bond acceptors (Lipinski definition) is 7. The van der Waals surface area contributed by atoms with Crippen LogP contribution in [0.3, 0.4) is 0 Å². The quantitative estimate of drug-likeness (QED) is 0.264. The number of hydrogen-bond donors (Lipinski definition) is 1. The number of piperazine rings is 1. The van der Waals surface area contributed by atoms with Gasteiger partial charge in [-0.25, -0.2) is 0 Å². The molecule has 9 heteroatoms. The smallest absolute Gasteiger partial charge is 0.308 e. The van der Waals surface area contributed by atoms with Crippen molar-refractivity contribution in [2.75, 3.05) is 40.0 Å². The molecule has 0 saturated carbocycles. The molecule has 0 aromatic carbocycles. The molecule has 0 aromatic heterocycles. The molecular weight excluding hydrogens is 416 g/mol. The van der Waals surface area contributed by atoms with E-state index in [0.29, 0.717) is 19.7 Å². The highest BCUT2D eigenvalue weighted by molar-refractivity contribution is 5.92. The second-order valence-electron chi connectivity index (χ2n) is 8.01. The van der Waals surface area contributed by atoms with Gasteiger partial charge in [0.25, 0.3) is 0 Å². The fourth-order valence-corrected chi connectivity index (χ4v) is 3.52. The van der Waals surface area contributed by atoms with Gasteiger partial charge in [-0.15, -0.1) is 0 Å². The first-order chi connectivity index (χ1) is 15.5. The molecule has 1 fully saturated rings. The van der Waals surface area contributed by atoms with Crippen LogP contribution in [0.5, 0.6) is 0 Å². The van der Waals surface area contributed by atoms with Gasteiger partial charge < -0.3 is 24.4 Å². The van der Waals surface area contributed by atoms with Gasteiger partial charge in [-0.2, -0.15) is 0 Å². The zero-order chi connectivity index (χ0) is 23.6. The summed E-state index contributed by atoms with van der Waals surface area (Å²) in [5, 5.41) is 2.68. The minimum atomic E-state index is -0.910. The lowest BCUT2D eigenvalue weighted by molar-refractivity contribution is -0.153. The Kier molecular flexibility index (Phi) is 15.2. The third-order valence-corrected chi connectivity index (χ3v) is 5.37. The van der Waals surface area contributed by atoms with Gasteiger partial charge >= 0.3 is 11.9 Å². The summed E-state index contributed by atoms with van der Waals surface area (Å²) >= 11 is 0. The minimum absolute atomic E-state index is 0.0805. The summed E-state index contributed by atoms with van der Waals surface area (Å²) in [7, 11) is 1.50. The molecule has 1 rings (SSSR count). The maximum Gasteiger partial charge on any atom is 0.308 e. The summed E-state index contributed by atoms with van der Waals surface area (Å²) in [5.41, 5.74) is 0. The van der Waals surface area contributed by atoms with E-state index >= 15 is 0 Å². The Hall–Kier alpha value is -2.16. The lowest BCUT2D eigenvalue weighted by atomic mass is 10.1. The molecule has 1 unspecified atom stereocenters. The zero-order valence-corrected chi connectivity index (χ0v) is 19.7. The predicted octanol–water partition coefficient (Wildman–Crippen LogP) is 2.36. The molecule has 1 saturated heterocycles. The first-order valence-corrected chi connectivity index (χ1v) is 11.9. The largest absolute Gasteiger partial charge is 0.466 e. The van der Waals surface area contributed by atoms with Crippen LogP contribution in [0.2, 0.25) is 0 Å². The number of esters is 2. The molecule has 1 heterocycles. The third-order valence-electron chi connectivity index (χ3n) is 5.37. The lowest BCUT2D eigenvalue weighted by Gasteiger charge is -2.34. The molecule has 0 aromatic rings. The number of carbonyl (C=O) groups excluding carboxylic acids is 4. The highest BCUT2D eigenvalue weighted by Crippen LogP contribution is 2.14. The van der Waals surface area contributed by atoms with Crippen LogP contribution in [-0.2, 0) is 33.4 Å². The molecule has 0 spiro atoms. The van der Waals surface area contributed by atoms with Gasteiger partial charge in [0.15, 0.2) is 0 Å². The lowest BCUT2D eigenvalue weighted by Crippen LogP contribution is -2.57. The van der Waals surface area contributed by atoms with Crippen LogP contribution in [0.25, 0.3) is 0 Å². The van der Waals surface area contributed by atoms with E-state index in [2.05, 4.69) is 12.2 Å². The van der Waals surface area contributed by atoms with Crippen molar-refractivity contribution in [3.05, 3.63) is 0 Å². The molecule has 32 heavy (non-hydrogen) atoms. The monoisotopic (exact) mass is 456 g/mol. The van der Waals surface area contributed by atoms with Crippen LogP contribution in [0.15, 0.2) is 0 Å². The number of amides is 2. The van der Waals surface area contributed by atoms with Crippen LogP contribution in [0.1, 0.15) is 77.6 Å². The number of methoxy groups -OCH3 is 1. The standard InChI is InChI=1S/C23H40N2O7/c1-3-4-5-6-7-8-9-10-15-31-22(28)18-19-23(29)24-13-14-25(19)20(26)11-12-21(27)32-17-16-30-2/h19H,3-18H2,1-2H3,(H,24,29). The highest BCUT2D eigenvalue weighted by atomic mass is 16.6. The predicted molar refractivity (Wildman–Crippen MR) is 119 cm³/mol. The van der Waals surface area contributed by atoms with Crippen LogP contribution in [-0.4, -0.2) is 74.7 Å². The highest BCUT2D eigenvalue weighted by Gasteiger charge is 2.35. The first kappa shape index (κ1) is 27.9. The van der Waals surface area contributed by atoms with Gasteiger partial charge in [-0.1, -0.05) is 51.9 Å². The third kappa shape index (κ3) is 12.0. The summed E-state index contributed by atoms with van der Waals surface area (Å²) in [4.78, 5) is 50.1. The molecular formula is C23H40N2O7. The van der Waals surface area contributed by atoms with Crippen molar-refractivity contribution < 1.29 is 33.4 Å². The summed E-state index contributed by atoms with van der Waals surface area (Å²) in [6.45, 7) is 3.54. The van der Waals surface area contributed by atoms with Crippen molar-refractivity contribution in [3.63, 3.8) is 0 Å². The van der Waals surface area contributed by atoms with E-state index in [0.717, 1.165) is 19.3 Å². The molecule has 1 N–H and O–H groups in total. The Bertz CT molecular complexity index is 583. The SMILES string of the molecule is CCCCCCCCCCOC(=O)CC1C(=O)NCCN1C(=O)CCC(=O)OCCOC.